The highest BCUT2D eigenvalue weighted by atomic mass is 16.5. The summed E-state index contributed by atoms with van der Waals surface area (Å²) in [6.07, 6.45) is 7.48. The van der Waals surface area contributed by atoms with Crippen molar-refractivity contribution in [2.24, 2.45) is 0 Å². The number of anilines is 4. The van der Waals surface area contributed by atoms with E-state index >= 15 is 0 Å². The van der Waals surface area contributed by atoms with E-state index in [-0.39, 0.29) is 0 Å². The summed E-state index contributed by atoms with van der Waals surface area (Å²) < 4.78 is 7.77. The number of methoxy groups -OCH3 is 1. The molecule has 2 heterocycles. The maximum atomic E-state index is 9.32. The minimum atomic E-state index is 0.687. The first-order valence-electron chi connectivity index (χ1n) is 12.4. The Morgan fingerprint density at radius 1 is 1.03 bits per heavy atom. The first-order valence-corrected chi connectivity index (χ1v) is 12.4. The van der Waals surface area contributed by atoms with Crippen molar-refractivity contribution in [2.75, 3.05) is 63.9 Å². The summed E-state index contributed by atoms with van der Waals surface area (Å²) in [6.45, 7) is 3.66. The number of allylic oxidation sites excluding steroid dienone is 2. The summed E-state index contributed by atoms with van der Waals surface area (Å²) in [5.74, 6) is 2.22. The number of carbonyl (C=O) groups excluding carboxylic acids is 1. The van der Waals surface area contributed by atoms with Crippen molar-refractivity contribution in [3.8, 4) is 11.6 Å². The van der Waals surface area contributed by atoms with E-state index in [2.05, 4.69) is 74.3 Å². The number of nitrogens with zero attached hydrogens (tertiary/aromatic N) is 5. The molecule has 0 unspecified atom stereocenters. The third-order valence-corrected chi connectivity index (χ3v) is 5.91. The van der Waals surface area contributed by atoms with E-state index in [1.807, 2.05) is 43.6 Å². The molecule has 200 valence electrons. The Labute approximate surface area is 224 Å². The third kappa shape index (κ3) is 7.10. The Bertz CT molecular complexity index is 1360. The number of likely N-dealkylation sites (N-methyl/N-ethyl adjacent to an activating group) is 2. The van der Waals surface area contributed by atoms with Crippen LogP contribution in [0.3, 0.4) is 0 Å². The highest BCUT2D eigenvalue weighted by molar-refractivity contribution is 5.83. The second-order valence-corrected chi connectivity index (χ2v) is 8.84. The molecule has 4 rings (SSSR count). The van der Waals surface area contributed by atoms with Gasteiger partial charge in [-0.25, -0.2) is 9.97 Å². The molecule has 0 radical (unpaired) electrons. The Morgan fingerprint density at radius 3 is 2.47 bits per heavy atom. The molecule has 2 N–H and O–H groups in total. The van der Waals surface area contributed by atoms with Gasteiger partial charge in [0.15, 0.2) is 0 Å². The van der Waals surface area contributed by atoms with E-state index in [1.54, 1.807) is 26.4 Å². The molecule has 9 heteroatoms. The quantitative estimate of drug-likeness (QED) is 0.226. The summed E-state index contributed by atoms with van der Waals surface area (Å²) in [7, 11) is 9.85. The average Bonchev–Trinajstić information content (AvgIpc) is 3.37. The molecule has 0 bridgehead atoms. The number of carbonyl (C=O) groups is 1. The largest absolute Gasteiger partial charge is 0.494 e. The highest BCUT2D eigenvalue weighted by Gasteiger charge is 2.15. The smallest absolute Gasteiger partial charge is 0.144 e. The summed E-state index contributed by atoms with van der Waals surface area (Å²) in [5.41, 5.74) is 4.00. The van der Waals surface area contributed by atoms with Crippen molar-refractivity contribution in [3.63, 3.8) is 0 Å². The van der Waals surface area contributed by atoms with Gasteiger partial charge in [-0.1, -0.05) is 24.3 Å². The number of para-hydroxylation sites is 1. The van der Waals surface area contributed by atoms with E-state index in [0.717, 1.165) is 53.5 Å². The number of hydrogen-bond donors (Lipinski definition) is 2. The van der Waals surface area contributed by atoms with Crippen LogP contribution in [0.15, 0.2) is 73.2 Å². The number of nitrogens with one attached hydrogen (secondary N) is 2. The molecule has 0 saturated carbocycles. The topological polar surface area (TPSA) is 87.5 Å². The minimum absolute atomic E-state index is 0.687. The van der Waals surface area contributed by atoms with Gasteiger partial charge in [0.05, 0.1) is 29.7 Å². The first-order chi connectivity index (χ1) is 18.4. The van der Waals surface area contributed by atoms with Gasteiger partial charge < -0.3 is 29.7 Å². The molecule has 2 aromatic carbocycles. The van der Waals surface area contributed by atoms with Crippen molar-refractivity contribution in [1.82, 2.24) is 19.4 Å². The molecule has 0 aliphatic rings. The Balaban J connectivity index is 0.000000732. The van der Waals surface area contributed by atoms with Gasteiger partial charge in [0.25, 0.3) is 0 Å². The van der Waals surface area contributed by atoms with Gasteiger partial charge >= 0.3 is 0 Å². The molecule has 0 aliphatic carbocycles. The van der Waals surface area contributed by atoms with Gasteiger partial charge in [-0.15, -0.1) is 0 Å². The lowest BCUT2D eigenvalue weighted by atomic mass is 10.2. The van der Waals surface area contributed by atoms with Gasteiger partial charge in [0, 0.05) is 45.5 Å². The zero-order valence-electron chi connectivity index (χ0n) is 23.0. The Kier molecular flexibility index (Phi) is 10.2. The number of aldehydes is 1. The first kappa shape index (κ1) is 28.2. The van der Waals surface area contributed by atoms with Crippen molar-refractivity contribution in [3.05, 3.63) is 73.2 Å². The van der Waals surface area contributed by atoms with Crippen LogP contribution in [0.1, 0.15) is 6.92 Å². The zero-order chi connectivity index (χ0) is 27.5. The minimum Gasteiger partial charge on any atom is -0.494 e. The third-order valence-electron chi connectivity index (χ3n) is 5.91. The summed E-state index contributed by atoms with van der Waals surface area (Å²) in [6, 6.07) is 16.3. The molecule has 4 aromatic rings. The molecule has 0 aliphatic heterocycles. The molecular weight excluding hydrogens is 478 g/mol. The van der Waals surface area contributed by atoms with E-state index in [0.29, 0.717) is 5.82 Å². The van der Waals surface area contributed by atoms with Crippen LogP contribution in [0.5, 0.6) is 5.75 Å². The number of benzene rings is 2. The average molecular weight is 516 g/mol. The van der Waals surface area contributed by atoms with E-state index < -0.39 is 0 Å². The van der Waals surface area contributed by atoms with Crippen LogP contribution in [0.2, 0.25) is 0 Å². The fourth-order valence-corrected chi connectivity index (χ4v) is 3.87. The lowest BCUT2D eigenvalue weighted by Gasteiger charge is -2.25. The van der Waals surface area contributed by atoms with Gasteiger partial charge in [-0.05, 0) is 50.7 Å². The predicted octanol–water partition coefficient (Wildman–Crippen LogP) is 4.97. The molecule has 0 fully saturated rings. The van der Waals surface area contributed by atoms with Crippen LogP contribution in [-0.2, 0) is 4.79 Å². The zero-order valence-corrected chi connectivity index (χ0v) is 23.0. The number of aromatic nitrogens is 3. The van der Waals surface area contributed by atoms with Crippen molar-refractivity contribution in [2.45, 2.75) is 6.92 Å². The second kappa shape index (κ2) is 13.8. The van der Waals surface area contributed by atoms with Crippen LogP contribution in [-0.4, -0.2) is 74.1 Å². The maximum Gasteiger partial charge on any atom is 0.144 e. The van der Waals surface area contributed by atoms with Crippen molar-refractivity contribution < 1.29 is 9.53 Å². The van der Waals surface area contributed by atoms with Crippen molar-refractivity contribution in [1.29, 1.82) is 0 Å². The Morgan fingerprint density at radius 2 is 1.82 bits per heavy atom. The molecule has 0 saturated heterocycles. The molecule has 2 aromatic heterocycles. The Hall–Kier alpha value is -4.37. The maximum absolute atomic E-state index is 9.32. The fraction of sp³-hybridized carbons (Fsp3) is 0.276. The molecule has 38 heavy (non-hydrogen) atoms. The molecule has 0 amide bonds. The van der Waals surface area contributed by atoms with E-state index in [4.69, 9.17) is 4.74 Å². The monoisotopic (exact) mass is 515 g/mol. The van der Waals surface area contributed by atoms with Crippen LogP contribution in [0.25, 0.3) is 16.7 Å². The van der Waals surface area contributed by atoms with Gasteiger partial charge in [0.1, 0.15) is 30.0 Å². The van der Waals surface area contributed by atoms with E-state index in [1.165, 1.54) is 11.5 Å². The van der Waals surface area contributed by atoms with E-state index in [9.17, 15) is 4.79 Å². The van der Waals surface area contributed by atoms with Gasteiger partial charge in [-0.3, -0.25) is 4.79 Å². The predicted molar refractivity (Wildman–Crippen MR) is 157 cm³/mol. The van der Waals surface area contributed by atoms with Crippen LogP contribution >= 0.6 is 0 Å². The summed E-state index contributed by atoms with van der Waals surface area (Å²) >= 11 is 0. The normalized spacial score (nSPS) is 10.8. The SMILES string of the molecule is C/C=C/C=O.CNc1cc(Nc2cc(-n3ccc4ccccc43)ncn2)c(OC)cc1N(C)CCN(C)C. The van der Waals surface area contributed by atoms with Gasteiger partial charge in [0.2, 0.25) is 0 Å². The lowest BCUT2D eigenvalue weighted by Crippen LogP contribution is -2.29. The number of rotatable bonds is 10. The van der Waals surface area contributed by atoms with Crippen molar-refractivity contribution >= 4 is 40.1 Å². The lowest BCUT2D eigenvalue weighted by molar-refractivity contribution is -0.104. The summed E-state index contributed by atoms with van der Waals surface area (Å²) in [4.78, 5) is 22.6. The standard InChI is InChI=1S/C25H31N7O.C4H6O/c1-26-19-14-20(23(33-5)15-22(19)31(4)13-12-30(2)3)29-24-16-25(28-17-27-24)32-11-10-18-8-6-7-9-21(18)32;1-2-3-4-5/h6-11,14-17,26H,12-13H2,1-5H3,(H,27,28,29);2-4H,1H3/b;3-2+. The van der Waals surface area contributed by atoms with Crippen LogP contribution in [0.4, 0.5) is 22.9 Å². The highest BCUT2D eigenvalue weighted by Crippen LogP contribution is 2.37. The van der Waals surface area contributed by atoms with Crippen LogP contribution in [0, 0.1) is 0 Å². The van der Waals surface area contributed by atoms with Gasteiger partial charge in [-0.2, -0.15) is 0 Å². The number of fused-ring (bicyclic) bond motifs is 1. The molecule has 0 spiro atoms. The molecule has 0 atom stereocenters. The van der Waals surface area contributed by atoms with Crippen LogP contribution < -0.4 is 20.3 Å². The molecule has 9 nitrogen and oxygen atoms in total. The number of hydrogen-bond acceptors (Lipinski definition) is 8. The second-order valence-electron chi connectivity index (χ2n) is 8.84. The number of ether oxygens (including phenoxy) is 1. The summed E-state index contributed by atoms with van der Waals surface area (Å²) in [5, 5.41) is 7.88. The molecular formula is C29H37N7O2. The fourth-order valence-electron chi connectivity index (χ4n) is 3.87.